The lowest BCUT2D eigenvalue weighted by atomic mass is 10.1. The second kappa shape index (κ2) is 5.32. The van der Waals surface area contributed by atoms with Crippen molar-refractivity contribution < 1.29 is 9.53 Å². The summed E-state index contributed by atoms with van der Waals surface area (Å²) in [6.07, 6.45) is 3.08. The van der Waals surface area contributed by atoms with Crippen molar-refractivity contribution in [1.29, 1.82) is 0 Å². The molecule has 17 heavy (non-hydrogen) atoms. The Balaban J connectivity index is 2.15. The molecule has 1 saturated heterocycles. The molecule has 1 heterocycles. The standard InChI is InChI=1S/C14H19NO2/c1-11-6-8-12(9-7-11)14(16)15-10-4-3-5-13(15)17-2/h6-9,13H,3-5,10H2,1-2H3. The lowest BCUT2D eigenvalue weighted by Gasteiger charge is -2.34. The molecule has 1 fully saturated rings. The molecule has 1 aliphatic heterocycles. The molecule has 0 spiro atoms. The Morgan fingerprint density at radius 2 is 2.00 bits per heavy atom. The summed E-state index contributed by atoms with van der Waals surface area (Å²) in [5.41, 5.74) is 1.92. The Kier molecular flexibility index (Phi) is 3.79. The van der Waals surface area contributed by atoms with Crippen molar-refractivity contribution in [3.05, 3.63) is 35.4 Å². The predicted molar refractivity (Wildman–Crippen MR) is 66.9 cm³/mol. The molecule has 1 atom stereocenters. The van der Waals surface area contributed by atoms with Crippen LogP contribution >= 0.6 is 0 Å². The van der Waals surface area contributed by atoms with E-state index in [0.29, 0.717) is 0 Å². The van der Waals surface area contributed by atoms with Gasteiger partial charge in [-0.05, 0) is 38.3 Å². The minimum absolute atomic E-state index is 0.0578. The molecule has 0 N–H and O–H groups in total. The van der Waals surface area contributed by atoms with Crippen molar-refractivity contribution in [2.75, 3.05) is 13.7 Å². The lowest BCUT2D eigenvalue weighted by molar-refractivity contribution is -0.0397. The van der Waals surface area contributed by atoms with Crippen LogP contribution in [0.1, 0.15) is 35.2 Å². The van der Waals surface area contributed by atoms with Crippen LogP contribution < -0.4 is 0 Å². The van der Waals surface area contributed by atoms with Gasteiger partial charge < -0.3 is 9.64 Å². The third kappa shape index (κ3) is 2.67. The topological polar surface area (TPSA) is 29.5 Å². The van der Waals surface area contributed by atoms with Gasteiger partial charge in [-0.2, -0.15) is 0 Å². The number of hydrogen-bond acceptors (Lipinski definition) is 2. The second-order valence-electron chi connectivity index (χ2n) is 4.55. The molecule has 0 aromatic heterocycles. The molecule has 3 heteroatoms. The highest BCUT2D eigenvalue weighted by atomic mass is 16.5. The number of hydrogen-bond donors (Lipinski definition) is 0. The quantitative estimate of drug-likeness (QED) is 0.785. The summed E-state index contributed by atoms with van der Waals surface area (Å²) in [6.45, 7) is 2.82. The van der Waals surface area contributed by atoms with E-state index in [2.05, 4.69) is 0 Å². The van der Waals surface area contributed by atoms with Crippen molar-refractivity contribution >= 4 is 5.91 Å². The van der Waals surface area contributed by atoms with Gasteiger partial charge in [0.1, 0.15) is 6.23 Å². The molecular weight excluding hydrogens is 214 g/mol. The van der Waals surface area contributed by atoms with E-state index in [4.69, 9.17) is 4.74 Å². The first-order chi connectivity index (χ1) is 8.22. The largest absolute Gasteiger partial charge is 0.362 e. The molecule has 0 saturated carbocycles. The van der Waals surface area contributed by atoms with Crippen molar-refractivity contribution in [3.63, 3.8) is 0 Å². The van der Waals surface area contributed by atoms with E-state index < -0.39 is 0 Å². The van der Waals surface area contributed by atoms with E-state index in [1.807, 2.05) is 36.1 Å². The summed E-state index contributed by atoms with van der Waals surface area (Å²) >= 11 is 0. The molecule has 1 aromatic carbocycles. The SMILES string of the molecule is COC1CCCCN1C(=O)c1ccc(C)cc1. The van der Waals surface area contributed by atoms with Gasteiger partial charge in [0, 0.05) is 19.2 Å². The fourth-order valence-electron chi connectivity index (χ4n) is 2.24. The minimum atomic E-state index is -0.0578. The van der Waals surface area contributed by atoms with Crippen LogP contribution in [0.3, 0.4) is 0 Å². The van der Waals surface area contributed by atoms with Gasteiger partial charge in [0.05, 0.1) is 0 Å². The molecule has 2 rings (SSSR count). The molecule has 1 amide bonds. The highest BCUT2D eigenvalue weighted by Gasteiger charge is 2.26. The monoisotopic (exact) mass is 233 g/mol. The van der Waals surface area contributed by atoms with Crippen molar-refractivity contribution in [2.45, 2.75) is 32.4 Å². The van der Waals surface area contributed by atoms with Gasteiger partial charge in [-0.1, -0.05) is 17.7 Å². The number of amides is 1. The van der Waals surface area contributed by atoms with Crippen LogP contribution in [0.25, 0.3) is 0 Å². The third-order valence-corrected chi connectivity index (χ3v) is 3.28. The van der Waals surface area contributed by atoms with E-state index in [1.165, 1.54) is 5.56 Å². The van der Waals surface area contributed by atoms with Gasteiger partial charge >= 0.3 is 0 Å². The highest BCUT2D eigenvalue weighted by molar-refractivity contribution is 5.94. The smallest absolute Gasteiger partial charge is 0.255 e. The molecule has 0 bridgehead atoms. The van der Waals surface area contributed by atoms with Crippen molar-refractivity contribution in [2.24, 2.45) is 0 Å². The first kappa shape index (κ1) is 12.1. The molecule has 1 aromatic rings. The lowest BCUT2D eigenvalue weighted by Crippen LogP contribution is -2.44. The van der Waals surface area contributed by atoms with Gasteiger partial charge in [0.15, 0.2) is 0 Å². The number of aryl methyl sites for hydroxylation is 1. The predicted octanol–water partition coefficient (Wildman–Crippen LogP) is 2.59. The first-order valence-corrected chi connectivity index (χ1v) is 6.13. The number of methoxy groups -OCH3 is 1. The van der Waals surface area contributed by atoms with Gasteiger partial charge in [-0.15, -0.1) is 0 Å². The van der Waals surface area contributed by atoms with Crippen LogP contribution in [0.5, 0.6) is 0 Å². The zero-order valence-corrected chi connectivity index (χ0v) is 10.5. The first-order valence-electron chi connectivity index (χ1n) is 6.13. The minimum Gasteiger partial charge on any atom is -0.362 e. The molecular formula is C14H19NO2. The fraction of sp³-hybridized carbons (Fsp3) is 0.500. The summed E-state index contributed by atoms with van der Waals surface area (Å²) in [7, 11) is 1.67. The zero-order chi connectivity index (χ0) is 12.3. The van der Waals surface area contributed by atoms with Crippen LogP contribution in [0.4, 0.5) is 0 Å². The molecule has 0 aliphatic carbocycles. The number of likely N-dealkylation sites (tertiary alicyclic amines) is 1. The molecule has 92 valence electrons. The van der Waals surface area contributed by atoms with Crippen LogP contribution in [0, 0.1) is 6.92 Å². The summed E-state index contributed by atoms with van der Waals surface area (Å²) < 4.78 is 5.38. The van der Waals surface area contributed by atoms with E-state index in [0.717, 1.165) is 31.4 Å². The second-order valence-corrected chi connectivity index (χ2v) is 4.55. The van der Waals surface area contributed by atoms with E-state index >= 15 is 0 Å². The Labute approximate surface area is 102 Å². The Morgan fingerprint density at radius 1 is 1.29 bits per heavy atom. The maximum Gasteiger partial charge on any atom is 0.255 e. The Hall–Kier alpha value is -1.35. The third-order valence-electron chi connectivity index (χ3n) is 3.28. The molecule has 3 nitrogen and oxygen atoms in total. The maximum absolute atomic E-state index is 12.3. The number of carbonyl (C=O) groups is 1. The molecule has 1 aliphatic rings. The average molecular weight is 233 g/mol. The van der Waals surface area contributed by atoms with Gasteiger partial charge in [0.25, 0.3) is 5.91 Å². The number of carbonyl (C=O) groups excluding carboxylic acids is 1. The van der Waals surface area contributed by atoms with Crippen LogP contribution in [0.2, 0.25) is 0 Å². The Morgan fingerprint density at radius 3 is 2.65 bits per heavy atom. The molecule has 0 radical (unpaired) electrons. The average Bonchev–Trinajstić information content (AvgIpc) is 2.39. The molecule has 1 unspecified atom stereocenters. The van der Waals surface area contributed by atoms with Gasteiger partial charge in [-0.3, -0.25) is 4.79 Å². The van der Waals surface area contributed by atoms with E-state index in [9.17, 15) is 4.79 Å². The zero-order valence-electron chi connectivity index (χ0n) is 10.5. The number of benzene rings is 1. The van der Waals surface area contributed by atoms with Crippen LogP contribution in [-0.2, 0) is 4.74 Å². The highest BCUT2D eigenvalue weighted by Crippen LogP contribution is 2.20. The number of nitrogens with zero attached hydrogens (tertiary/aromatic N) is 1. The van der Waals surface area contributed by atoms with E-state index in [1.54, 1.807) is 7.11 Å². The number of rotatable bonds is 2. The number of piperidine rings is 1. The Bertz CT molecular complexity index is 386. The van der Waals surface area contributed by atoms with Crippen molar-refractivity contribution in [3.8, 4) is 0 Å². The normalized spacial score (nSPS) is 20.4. The van der Waals surface area contributed by atoms with Crippen LogP contribution in [-0.4, -0.2) is 30.7 Å². The van der Waals surface area contributed by atoms with Gasteiger partial charge in [-0.25, -0.2) is 0 Å². The van der Waals surface area contributed by atoms with Crippen LogP contribution in [0.15, 0.2) is 24.3 Å². The van der Waals surface area contributed by atoms with E-state index in [-0.39, 0.29) is 12.1 Å². The summed E-state index contributed by atoms with van der Waals surface area (Å²) in [5, 5.41) is 0. The maximum atomic E-state index is 12.3. The summed E-state index contributed by atoms with van der Waals surface area (Å²) in [6, 6.07) is 7.72. The van der Waals surface area contributed by atoms with Crippen molar-refractivity contribution in [1.82, 2.24) is 4.90 Å². The number of ether oxygens (including phenoxy) is 1. The van der Waals surface area contributed by atoms with Gasteiger partial charge in [0.2, 0.25) is 0 Å². The fourth-order valence-corrected chi connectivity index (χ4v) is 2.24. The summed E-state index contributed by atoms with van der Waals surface area (Å²) in [5.74, 6) is 0.0801. The summed E-state index contributed by atoms with van der Waals surface area (Å²) in [4.78, 5) is 14.2.